The van der Waals surface area contributed by atoms with Gasteiger partial charge >= 0.3 is 0 Å². The lowest BCUT2D eigenvalue weighted by atomic mass is 9.88. The number of hydrogen-bond donors (Lipinski definition) is 1. The summed E-state index contributed by atoms with van der Waals surface area (Å²) in [7, 11) is 0. The normalized spacial score (nSPS) is 11.5. The SMILES string of the molecule is C=CCCCCC(C)(C)CO. The summed E-state index contributed by atoms with van der Waals surface area (Å²) in [6.45, 7) is 8.15. The van der Waals surface area contributed by atoms with E-state index >= 15 is 0 Å². The maximum absolute atomic E-state index is 8.93. The predicted molar refractivity (Wildman–Crippen MR) is 49.5 cm³/mol. The first-order valence-corrected chi connectivity index (χ1v) is 4.34. The molecule has 0 aromatic carbocycles. The van der Waals surface area contributed by atoms with Gasteiger partial charge in [-0.1, -0.05) is 26.3 Å². The molecule has 0 unspecified atom stereocenters. The Morgan fingerprint density at radius 1 is 1.36 bits per heavy atom. The van der Waals surface area contributed by atoms with E-state index in [1.165, 1.54) is 12.8 Å². The van der Waals surface area contributed by atoms with Crippen LogP contribution < -0.4 is 0 Å². The Morgan fingerprint density at radius 2 is 2.00 bits per heavy atom. The Labute approximate surface area is 70.1 Å². The van der Waals surface area contributed by atoms with E-state index in [0.717, 1.165) is 12.8 Å². The van der Waals surface area contributed by atoms with Gasteiger partial charge in [-0.3, -0.25) is 0 Å². The lowest BCUT2D eigenvalue weighted by molar-refractivity contribution is 0.147. The van der Waals surface area contributed by atoms with Crippen molar-refractivity contribution in [1.29, 1.82) is 0 Å². The summed E-state index contributed by atoms with van der Waals surface area (Å²) in [5, 5.41) is 8.93. The van der Waals surface area contributed by atoms with E-state index in [1.54, 1.807) is 0 Å². The fourth-order valence-corrected chi connectivity index (χ4v) is 0.971. The average molecular weight is 156 g/mol. The number of rotatable bonds is 6. The monoisotopic (exact) mass is 156 g/mol. The highest BCUT2D eigenvalue weighted by atomic mass is 16.3. The van der Waals surface area contributed by atoms with Gasteiger partial charge in [0.1, 0.15) is 0 Å². The van der Waals surface area contributed by atoms with E-state index in [2.05, 4.69) is 20.4 Å². The molecule has 1 N–H and O–H groups in total. The van der Waals surface area contributed by atoms with Crippen LogP contribution in [0.15, 0.2) is 12.7 Å². The third-order valence-corrected chi connectivity index (χ3v) is 1.94. The Balaban J connectivity index is 3.29. The molecule has 66 valence electrons. The molecule has 1 nitrogen and oxygen atoms in total. The van der Waals surface area contributed by atoms with Crippen LogP contribution >= 0.6 is 0 Å². The molecule has 0 aliphatic carbocycles. The van der Waals surface area contributed by atoms with Crippen molar-refractivity contribution in [1.82, 2.24) is 0 Å². The summed E-state index contributed by atoms with van der Waals surface area (Å²) in [5.41, 5.74) is 0.112. The Kier molecular flexibility index (Phi) is 5.22. The lowest BCUT2D eigenvalue weighted by Crippen LogP contribution is -2.15. The number of aliphatic hydroxyl groups is 1. The van der Waals surface area contributed by atoms with Gasteiger partial charge < -0.3 is 5.11 Å². The highest BCUT2D eigenvalue weighted by Gasteiger charge is 2.14. The van der Waals surface area contributed by atoms with Crippen molar-refractivity contribution < 1.29 is 5.11 Å². The quantitative estimate of drug-likeness (QED) is 0.463. The zero-order valence-electron chi connectivity index (χ0n) is 7.77. The zero-order valence-corrected chi connectivity index (χ0v) is 7.77. The topological polar surface area (TPSA) is 20.2 Å². The van der Waals surface area contributed by atoms with E-state index in [4.69, 9.17) is 5.11 Å². The van der Waals surface area contributed by atoms with Crippen LogP contribution in [0, 0.1) is 5.41 Å². The van der Waals surface area contributed by atoms with Crippen LogP contribution in [-0.2, 0) is 0 Å². The van der Waals surface area contributed by atoms with E-state index in [9.17, 15) is 0 Å². The number of aliphatic hydroxyl groups excluding tert-OH is 1. The fourth-order valence-electron chi connectivity index (χ4n) is 0.971. The molecule has 0 spiro atoms. The highest BCUT2D eigenvalue weighted by molar-refractivity contribution is 4.69. The molecule has 11 heavy (non-hydrogen) atoms. The van der Waals surface area contributed by atoms with Crippen molar-refractivity contribution >= 4 is 0 Å². The van der Waals surface area contributed by atoms with Crippen LogP contribution in [0.1, 0.15) is 39.5 Å². The van der Waals surface area contributed by atoms with Crippen molar-refractivity contribution in [2.75, 3.05) is 6.61 Å². The van der Waals surface area contributed by atoms with Crippen LogP contribution in [0.3, 0.4) is 0 Å². The second-order valence-corrected chi connectivity index (χ2v) is 3.86. The standard InChI is InChI=1S/C10H20O/c1-4-5-6-7-8-10(2,3)9-11/h4,11H,1,5-9H2,2-3H3. The van der Waals surface area contributed by atoms with Gasteiger partial charge in [-0.2, -0.15) is 0 Å². The number of hydrogen-bond acceptors (Lipinski definition) is 1. The molecular weight excluding hydrogens is 136 g/mol. The summed E-state index contributed by atoms with van der Waals surface area (Å²) in [4.78, 5) is 0. The molecule has 0 aliphatic rings. The van der Waals surface area contributed by atoms with Crippen molar-refractivity contribution in [2.24, 2.45) is 5.41 Å². The summed E-state index contributed by atoms with van der Waals surface area (Å²) >= 11 is 0. The van der Waals surface area contributed by atoms with Gasteiger partial charge in [-0.25, -0.2) is 0 Å². The van der Waals surface area contributed by atoms with Gasteiger partial charge in [-0.05, 0) is 24.7 Å². The van der Waals surface area contributed by atoms with Gasteiger partial charge in [0.25, 0.3) is 0 Å². The van der Waals surface area contributed by atoms with Gasteiger partial charge in [0, 0.05) is 6.61 Å². The Bertz CT molecular complexity index is 105. The number of allylic oxidation sites excluding steroid dienone is 1. The molecule has 0 saturated carbocycles. The van der Waals surface area contributed by atoms with Gasteiger partial charge in [0.05, 0.1) is 0 Å². The molecule has 1 heteroatoms. The first-order valence-electron chi connectivity index (χ1n) is 4.34. The molecule has 0 radical (unpaired) electrons. The van der Waals surface area contributed by atoms with Gasteiger partial charge in [0.15, 0.2) is 0 Å². The van der Waals surface area contributed by atoms with Gasteiger partial charge in [-0.15, -0.1) is 6.58 Å². The molecular formula is C10H20O. The predicted octanol–water partition coefficient (Wildman–Crippen LogP) is 2.75. The van der Waals surface area contributed by atoms with E-state index in [1.807, 2.05) is 6.08 Å². The van der Waals surface area contributed by atoms with Crippen LogP contribution in [0.5, 0.6) is 0 Å². The Morgan fingerprint density at radius 3 is 2.45 bits per heavy atom. The van der Waals surface area contributed by atoms with Crippen LogP contribution in [0.4, 0.5) is 0 Å². The minimum atomic E-state index is 0.112. The molecule has 0 fully saturated rings. The van der Waals surface area contributed by atoms with Crippen molar-refractivity contribution in [3.05, 3.63) is 12.7 Å². The summed E-state index contributed by atoms with van der Waals surface area (Å²) in [5.74, 6) is 0. The molecule has 0 atom stereocenters. The van der Waals surface area contributed by atoms with E-state index in [0.29, 0.717) is 6.61 Å². The molecule has 0 amide bonds. The second-order valence-electron chi connectivity index (χ2n) is 3.86. The average Bonchev–Trinajstić information content (AvgIpc) is 1.99. The molecule has 0 heterocycles. The van der Waals surface area contributed by atoms with Gasteiger partial charge in [0.2, 0.25) is 0 Å². The minimum absolute atomic E-state index is 0.112. The third kappa shape index (κ3) is 6.11. The van der Waals surface area contributed by atoms with E-state index in [-0.39, 0.29) is 5.41 Å². The largest absolute Gasteiger partial charge is 0.396 e. The van der Waals surface area contributed by atoms with Crippen LogP contribution in [0.2, 0.25) is 0 Å². The van der Waals surface area contributed by atoms with Crippen molar-refractivity contribution in [3.63, 3.8) is 0 Å². The molecule has 0 saturated heterocycles. The third-order valence-electron chi connectivity index (χ3n) is 1.94. The molecule has 0 aromatic rings. The molecule has 0 bridgehead atoms. The summed E-state index contributed by atoms with van der Waals surface area (Å²) in [6, 6.07) is 0. The first-order chi connectivity index (χ1) is 5.12. The molecule has 0 rings (SSSR count). The summed E-state index contributed by atoms with van der Waals surface area (Å²) < 4.78 is 0. The van der Waals surface area contributed by atoms with Crippen molar-refractivity contribution in [3.8, 4) is 0 Å². The first kappa shape index (κ1) is 10.7. The lowest BCUT2D eigenvalue weighted by Gasteiger charge is -2.20. The van der Waals surface area contributed by atoms with Crippen LogP contribution in [0.25, 0.3) is 0 Å². The molecule has 0 aliphatic heterocycles. The maximum Gasteiger partial charge on any atom is 0.0482 e. The smallest absolute Gasteiger partial charge is 0.0482 e. The minimum Gasteiger partial charge on any atom is -0.396 e. The van der Waals surface area contributed by atoms with Crippen molar-refractivity contribution in [2.45, 2.75) is 39.5 Å². The zero-order chi connectivity index (χ0) is 8.74. The summed E-state index contributed by atoms with van der Waals surface area (Å²) in [6.07, 6.45) is 6.55. The second kappa shape index (κ2) is 5.36. The van der Waals surface area contributed by atoms with E-state index < -0.39 is 0 Å². The highest BCUT2D eigenvalue weighted by Crippen LogP contribution is 2.22. The molecule has 0 aromatic heterocycles. The Hall–Kier alpha value is -0.300. The van der Waals surface area contributed by atoms with Crippen LogP contribution in [-0.4, -0.2) is 11.7 Å². The fraction of sp³-hybridized carbons (Fsp3) is 0.800. The number of unbranched alkanes of at least 4 members (excludes halogenated alkanes) is 2. The maximum atomic E-state index is 8.93.